The van der Waals surface area contributed by atoms with Crippen molar-refractivity contribution in [1.82, 2.24) is 0 Å². The zero-order chi connectivity index (χ0) is 13.2. The number of hydrogen-bond donors (Lipinski definition) is 0. The van der Waals surface area contributed by atoms with Crippen LogP contribution in [0, 0.1) is 26.7 Å². The van der Waals surface area contributed by atoms with Gasteiger partial charge in [0.05, 0.1) is 14.2 Å². The Morgan fingerprint density at radius 3 is 1.71 bits per heavy atom. The maximum atomic E-state index is 5.50. The van der Waals surface area contributed by atoms with Crippen LogP contribution in [0.5, 0.6) is 11.5 Å². The molecule has 1 aromatic carbocycles. The maximum absolute atomic E-state index is 5.50. The summed E-state index contributed by atoms with van der Waals surface area (Å²) in [5.41, 5.74) is 5.12. The van der Waals surface area contributed by atoms with E-state index in [1.807, 2.05) is 0 Å². The normalized spacial score (nSPS) is 10.8. The standard InChI is InChI=1S/C15H24O2/c1-9(2)8-13-10(3)11(4)14(16-6)15(17-7)12(13)5/h9H,8H2,1-7H3. The van der Waals surface area contributed by atoms with Crippen molar-refractivity contribution in [1.29, 1.82) is 0 Å². The molecule has 2 heteroatoms. The van der Waals surface area contributed by atoms with Crippen LogP contribution < -0.4 is 9.47 Å². The van der Waals surface area contributed by atoms with Crippen LogP contribution in [0.1, 0.15) is 36.1 Å². The van der Waals surface area contributed by atoms with Crippen molar-refractivity contribution >= 4 is 0 Å². The van der Waals surface area contributed by atoms with Crippen molar-refractivity contribution < 1.29 is 9.47 Å². The molecule has 1 rings (SSSR count). The Labute approximate surface area is 105 Å². The van der Waals surface area contributed by atoms with E-state index in [4.69, 9.17) is 9.47 Å². The summed E-state index contributed by atoms with van der Waals surface area (Å²) < 4.78 is 11.0. The molecule has 96 valence electrons. The number of methoxy groups -OCH3 is 2. The lowest BCUT2D eigenvalue weighted by molar-refractivity contribution is 0.349. The first-order chi connectivity index (χ1) is 7.93. The second-order valence-corrected chi connectivity index (χ2v) is 5.02. The Balaban J connectivity index is 3.47. The topological polar surface area (TPSA) is 18.5 Å². The minimum atomic E-state index is 0.643. The molecule has 1 aromatic rings. The largest absolute Gasteiger partial charge is 0.493 e. The molecule has 0 N–H and O–H groups in total. The Hall–Kier alpha value is -1.18. The van der Waals surface area contributed by atoms with Gasteiger partial charge in [0, 0.05) is 0 Å². The zero-order valence-corrected chi connectivity index (χ0v) is 12.1. The molecular weight excluding hydrogens is 212 g/mol. The van der Waals surface area contributed by atoms with E-state index in [9.17, 15) is 0 Å². The summed E-state index contributed by atoms with van der Waals surface area (Å²) in [6.45, 7) is 10.9. The molecule has 17 heavy (non-hydrogen) atoms. The van der Waals surface area contributed by atoms with Gasteiger partial charge in [-0.2, -0.15) is 0 Å². The molecule has 0 saturated heterocycles. The summed E-state index contributed by atoms with van der Waals surface area (Å²) in [7, 11) is 3.41. The average Bonchev–Trinajstić information content (AvgIpc) is 2.28. The van der Waals surface area contributed by atoms with Crippen LogP contribution in [0.15, 0.2) is 0 Å². The molecule has 0 radical (unpaired) electrons. The van der Waals surface area contributed by atoms with Crippen molar-refractivity contribution in [3.05, 3.63) is 22.3 Å². The van der Waals surface area contributed by atoms with Gasteiger partial charge < -0.3 is 9.47 Å². The summed E-state index contributed by atoms with van der Waals surface area (Å²) in [5, 5.41) is 0. The Morgan fingerprint density at radius 1 is 0.824 bits per heavy atom. The summed E-state index contributed by atoms with van der Waals surface area (Å²) in [6, 6.07) is 0. The van der Waals surface area contributed by atoms with E-state index in [0.717, 1.165) is 17.9 Å². The van der Waals surface area contributed by atoms with Gasteiger partial charge in [-0.3, -0.25) is 0 Å². The Kier molecular flexibility index (Phi) is 4.44. The molecule has 0 fully saturated rings. The predicted octanol–water partition coefficient (Wildman–Crippen LogP) is 3.83. The van der Waals surface area contributed by atoms with Crippen LogP contribution in [-0.2, 0) is 6.42 Å². The van der Waals surface area contributed by atoms with E-state index >= 15 is 0 Å². The second-order valence-electron chi connectivity index (χ2n) is 5.02. The highest BCUT2D eigenvalue weighted by molar-refractivity contribution is 5.58. The van der Waals surface area contributed by atoms with E-state index in [1.54, 1.807) is 14.2 Å². The van der Waals surface area contributed by atoms with Crippen LogP contribution >= 0.6 is 0 Å². The van der Waals surface area contributed by atoms with Crippen molar-refractivity contribution in [3.63, 3.8) is 0 Å². The van der Waals surface area contributed by atoms with Gasteiger partial charge >= 0.3 is 0 Å². The van der Waals surface area contributed by atoms with Crippen molar-refractivity contribution in [2.24, 2.45) is 5.92 Å². The molecule has 0 spiro atoms. The van der Waals surface area contributed by atoms with Gasteiger partial charge in [0.15, 0.2) is 11.5 Å². The van der Waals surface area contributed by atoms with Crippen LogP contribution in [0.2, 0.25) is 0 Å². The van der Waals surface area contributed by atoms with Gasteiger partial charge in [-0.25, -0.2) is 0 Å². The lowest BCUT2D eigenvalue weighted by atomic mass is 9.90. The lowest BCUT2D eigenvalue weighted by Gasteiger charge is -2.21. The minimum absolute atomic E-state index is 0.643. The van der Waals surface area contributed by atoms with Gasteiger partial charge in [-0.05, 0) is 55.4 Å². The van der Waals surface area contributed by atoms with E-state index < -0.39 is 0 Å². The Morgan fingerprint density at radius 2 is 1.29 bits per heavy atom. The lowest BCUT2D eigenvalue weighted by Crippen LogP contribution is -2.06. The third-order valence-corrected chi connectivity index (χ3v) is 3.38. The summed E-state index contributed by atoms with van der Waals surface area (Å²) in [5.74, 6) is 2.39. The first-order valence-electron chi connectivity index (χ1n) is 6.14. The first kappa shape index (κ1) is 13.9. The Bertz CT molecular complexity index is 406. The molecule has 0 atom stereocenters. The zero-order valence-electron chi connectivity index (χ0n) is 12.1. The molecule has 0 aliphatic carbocycles. The van der Waals surface area contributed by atoms with Crippen molar-refractivity contribution in [2.75, 3.05) is 14.2 Å². The molecule has 0 bridgehead atoms. The fourth-order valence-electron chi connectivity index (χ4n) is 2.36. The third-order valence-electron chi connectivity index (χ3n) is 3.38. The van der Waals surface area contributed by atoms with Crippen molar-refractivity contribution in [2.45, 2.75) is 41.0 Å². The second kappa shape index (κ2) is 5.44. The van der Waals surface area contributed by atoms with E-state index in [0.29, 0.717) is 5.92 Å². The number of hydrogen-bond acceptors (Lipinski definition) is 2. The van der Waals surface area contributed by atoms with Gasteiger partial charge in [-0.1, -0.05) is 13.8 Å². The average molecular weight is 236 g/mol. The molecule has 2 nitrogen and oxygen atoms in total. The van der Waals surface area contributed by atoms with E-state index in [1.165, 1.54) is 22.3 Å². The molecule has 0 aliphatic rings. The van der Waals surface area contributed by atoms with Gasteiger partial charge in [-0.15, -0.1) is 0 Å². The fourth-order valence-corrected chi connectivity index (χ4v) is 2.36. The number of benzene rings is 1. The quantitative estimate of drug-likeness (QED) is 0.791. The maximum Gasteiger partial charge on any atom is 0.164 e. The summed E-state index contributed by atoms with van der Waals surface area (Å²) in [6.07, 6.45) is 1.08. The molecule has 0 aromatic heterocycles. The number of rotatable bonds is 4. The summed E-state index contributed by atoms with van der Waals surface area (Å²) in [4.78, 5) is 0. The predicted molar refractivity (Wildman–Crippen MR) is 72.3 cm³/mol. The monoisotopic (exact) mass is 236 g/mol. The molecule has 0 heterocycles. The third kappa shape index (κ3) is 2.56. The molecular formula is C15H24O2. The van der Waals surface area contributed by atoms with Gasteiger partial charge in [0.25, 0.3) is 0 Å². The summed E-state index contributed by atoms with van der Waals surface area (Å²) >= 11 is 0. The van der Waals surface area contributed by atoms with Crippen molar-refractivity contribution in [3.8, 4) is 11.5 Å². The van der Waals surface area contributed by atoms with Crippen LogP contribution in [-0.4, -0.2) is 14.2 Å². The smallest absolute Gasteiger partial charge is 0.164 e. The van der Waals surface area contributed by atoms with Gasteiger partial charge in [0.2, 0.25) is 0 Å². The minimum Gasteiger partial charge on any atom is -0.493 e. The first-order valence-corrected chi connectivity index (χ1v) is 6.14. The van der Waals surface area contributed by atoms with Crippen LogP contribution in [0.4, 0.5) is 0 Å². The highest BCUT2D eigenvalue weighted by atomic mass is 16.5. The van der Waals surface area contributed by atoms with Gasteiger partial charge in [0.1, 0.15) is 0 Å². The SMILES string of the molecule is COc1c(C)c(C)c(CC(C)C)c(C)c1OC. The molecule has 0 amide bonds. The van der Waals surface area contributed by atoms with Crippen LogP contribution in [0.3, 0.4) is 0 Å². The molecule has 0 saturated carbocycles. The van der Waals surface area contributed by atoms with E-state index in [2.05, 4.69) is 34.6 Å². The number of ether oxygens (including phenoxy) is 2. The van der Waals surface area contributed by atoms with E-state index in [-0.39, 0.29) is 0 Å². The fraction of sp³-hybridized carbons (Fsp3) is 0.600. The highest BCUT2D eigenvalue weighted by Gasteiger charge is 2.18. The highest BCUT2D eigenvalue weighted by Crippen LogP contribution is 2.39. The van der Waals surface area contributed by atoms with Crippen LogP contribution in [0.25, 0.3) is 0 Å². The molecule has 0 unspecified atom stereocenters. The molecule has 0 aliphatic heterocycles.